The summed E-state index contributed by atoms with van der Waals surface area (Å²) >= 11 is 0. The van der Waals surface area contributed by atoms with Crippen LogP contribution in [0.5, 0.6) is 11.5 Å². The Bertz CT molecular complexity index is 1340. The fraction of sp³-hybridized carbons (Fsp3) is 0.333. The van der Waals surface area contributed by atoms with Crippen molar-refractivity contribution in [3.8, 4) is 11.5 Å². The van der Waals surface area contributed by atoms with E-state index in [9.17, 15) is 19.2 Å². The number of carbonyl (C=O) groups is 4. The lowest BCUT2D eigenvalue weighted by Gasteiger charge is -2.18. The number of nitrogens with one attached hydrogen (secondary N) is 3. The Balaban J connectivity index is 1.58. The lowest BCUT2D eigenvalue weighted by atomic mass is 10.0. The topological polar surface area (TPSA) is 143 Å². The van der Waals surface area contributed by atoms with Crippen LogP contribution in [0.3, 0.4) is 0 Å². The highest BCUT2D eigenvalue weighted by Crippen LogP contribution is 2.18. The highest BCUT2D eigenvalue weighted by Gasteiger charge is 2.23. The Kier molecular flexibility index (Phi) is 13.0. The van der Waals surface area contributed by atoms with E-state index in [0.29, 0.717) is 34.8 Å². The summed E-state index contributed by atoms with van der Waals surface area (Å²) in [4.78, 5) is 49.2. The lowest BCUT2D eigenvalue weighted by Crippen LogP contribution is -2.49. The number of carboxylic acids is 1. The predicted octanol–water partition coefficient (Wildman–Crippen LogP) is 4.84. The molecule has 0 bridgehead atoms. The van der Waals surface area contributed by atoms with Crippen molar-refractivity contribution in [3.63, 3.8) is 0 Å². The summed E-state index contributed by atoms with van der Waals surface area (Å²) in [5.74, 6) is -1.84. The molecular weight excluding hydrogens is 550 g/mol. The maximum Gasteiger partial charge on any atom is 0.343 e. The molecule has 0 radical (unpaired) electrons. The number of rotatable bonds is 17. The van der Waals surface area contributed by atoms with Gasteiger partial charge in [-0.15, -0.1) is 0 Å². The molecule has 0 aliphatic rings. The Hall–Kier alpha value is -4.86. The second kappa shape index (κ2) is 17.2. The molecule has 228 valence electrons. The Morgan fingerprint density at radius 2 is 1.42 bits per heavy atom. The molecule has 0 fully saturated rings. The quantitative estimate of drug-likeness (QED) is 0.0995. The van der Waals surface area contributed by atoms with Crippen molar-refractivity contribution in [2.75, 3.05) is 25.5 Å². The first-order valence-electron chi connectivity index (χ1n) is 14.4. The third-order valence-corrected chi connectivity index (χ3v) is 6.65. The summed E-state index contributed by atoms with van der Waals surface area (Å²) in [6.07, 6.45) is 5.85. The molecule has 0 aliphatic heterocycles. The van der Waals surface area contributed by atoms with Crippen LogP contribution in [0.4, 0.5) is 5.69 Å². The monoisotopic (exact) mass is 589 g/mol. The van der Waals surface area contributed by atoms with Crippen molar-refractivity contribution in [2.45, 2.75) is 51.5 Å². The number of benzene rings is 3. The fourth-order valence-electron chi connectivity index (χ4n) is 4.20. The molecule has 0 saturated heterocycles. The molecule has 0 spiro atoms. The first-order chi connectivity index (χ1) is 20.8. The Morgan fingerprint density at radius 3 is 2.05 bits per heavy atom. The molecule has 0 aliphatic carbocycles. The van der Waals surface area contributed by atoms with Gasteiger partial charge in [-0.3, -0.25) is 14.4 Å². The number of esters is 1. The van der Waals surface area contributed by atoms with E-state index in [1.807, 2.05) is 0 Å². The largest absolute Gasteiger partial charge is 0.494 e. The van der Waals surface area contributed by atoms with E-state index >= 15 is 0 Å². The second-order valence-electron chi connectivity index (χ2n) is 9.99. The van der Waals surface area contributed by atoms with Gasteiger partial charge in [0.1, 0.15) is 24.1 Å². The van der Waals surface area contributed by atoms with Gasteiger partial charge in [-0.2, -0.15) is 0 Å². The molecule has 0 aromatic heterocycles. The molecule has 1 atom stereocenters. The van der Waals surface area contributed by atoms with Crippen LogP contribution < -0.4 is 25.4 Å². The van der Waals surface area contributed by atoms with Crippen molar-refractivity contribution >= 4 is 29.4 Å². The van der Waals surface area contributed by atoms with Gasteiger partial charge in [0, 0.05) is 24.7 Å². The molecule has 1 unspecified atom stereocenters. The molecule has 3 rings (SSSR count). The maximum atomic E-state index is 12.8. The zero-order valence-electron chi connectivity index (χ0n) is 24.6. The van der Waals surface area contributed by atoms with Crippen LogP contribution in [0.25, 0.3) is 0 Å². The third-order valence-electron chi connectivity index (χ3n) is 6.65. The van der Waals surface area contributed by atoms with Gasteiger partial charge in [-0.25, -0.2) is 4.79 Å². The van der Waals surface area contributed by atoms with E-state index in [0.717, 1.165) is 18.5 Å². The minimum Gasteiger partial charge on any atom is -0.494 e. The van der Waals surface area contributed by atoms with Crippen LogP contribution in [0.2, 0.25) is 0 Å². The summed E-state index contributed by atoms with van der Waals surface area (Å²) in [6, 6.07) is 19.0. The summed E-state index contributed by atoms with van der Waals surface area (Å²) in [6.45, 7) is 2.23. The Morgan fingerprint density at radius 1 is 0.791 bits per heavy atom. The van der Waals surface area contributed by atoms with Gasteiger partial charge in [0.05, 0.1) is 12.2 Å². The normalized spacial score (nSPS) is 11.2. The number of ether oxygens (including phenoxy) is 2. The van der Waals surface area contributed by atoms with Crippen LogP contribution in [0, 0.1) is 0 Å². The van der Waals surface area contributed by atoms with Crippen molar-refractivity contribution in [3.05, 3.63) is 89.5 Å². The molecule has 4 N–H and O–H groups in total. The number of hydrogen-bond acceptors (Lipinski definition) is 7. The number of anilines is 1. The standard InChI is InChI=1S/C33H39N3O7/c1-3-4-5-6-7-20-42-27-18-12-25(13-19-27)33(41)43-28-16-8-23(9-17-28)21-29(32(40)35-22-30(37)38)36-31(39)24-10-14-26(34-2)15-11-24/h8-19,29,34H,3-7,20-22H2,1-2H3,(H,35,40)(H,36,39)(H,37,38). The van der Waals surface area contributed by atoms with Crippen molar-refractivity contribution < 1.29 is 33.8 Å². The van der Waals surface area contributed by atoms with Gasteiger partial charge >= 0.3 is 11.9 Å². The van der Waals surface area contributed by atoms with E-state index in [-0.39, 0.29) is 6.42 Å². The number of hydrogen-bond donors (Lipinski definition) is 4. The van der Waals surface area contributed by atoms with Gasteiger partial charge in [0.25, 0.3) is 5.91 Å². The third kappa shape index (κ3) is 11.1. The first kappa shape index (κ1) is 32.7. The molecule has 0 saturated carbocycles. The molecule has 3 aromatic carbocycles. The molecule has 10 heteroatoms. The zero-order chi connectivity index (χ0) is 31.0. The molecule has 10 nitrogen and oxygen atoms in total. The average Bonchev–Trinajstić information content (AvgIpc) is 3.02. The number of unbranched alkanes of at least 4 members (excludes halogenated alkanes) is 4. The molecule has 2 amide bonds. The fourth-order valence-corrected chi connectivity index (χ4v) is 4.20. The van der Waals surface area contributed by atoms with E-state index in [1.54, 1.807) is 79.8 Å². The van der Waals surface area contributed by atoms with E-state index in [2.05, 4.69) is 22.9 Å². The molecular formula is C33H39N3O7. The minimum absolute atomic E-state index is 0.0834. The van der Waals surface area contributed by atoms with Gasteiger partial charge in [0.15, 0.2) is 0 Å². The van der Waals surface area contributed by atoms with Crippen LogP contribution in [0.1, 0.15) is 65.3 Å². The molecule has 43 heavy (non-hydrogen) atoms. The summed E-state index contributed by atoms with van der Waals surface area (Å²) in [5, 5.41) is 16.9. The van der Waals surface area contributed by atoms with E-state index in [1.165, 1.54) is 19.3 Å². The summed E-state index contributed by atoms with van der Waals surface area (Å²) in [5.41, 5.74) is 2.21. The average molecular weight is 590 g/mol. The van der Waals surface area contributed by atoms with Crippen LogP contribution in [-0.4, -0.2) is 55.1 Å². The summed E-state index contributed by atoms with van der Waals surface area (Å²) in [7, 11) is 1.76. The summed E-state index contributed by atoms with van der Waals surface area (Å²) < 4.78 is 11.2. The van der Waals surface area contributed by atoms with Crippen molar-refractivity contribution in [1.29, 1.82) is 0 Å². The highest BCUT2D eigenvalue weighted by molar-refractivity contribution is 5.98. The highest BCUT2D eigenvalue weighted by atomic mass is 16.5. The second-order valence-corrected chi connectivity index (χ2v) is 9.99. The molecule has 0 heterocycles. The van der Waals surface area contributed by atoms with Crippen LogP contribution in [0.15, 0.2) is 72.8 Å². The van der Waals surface area contributed by atoms with Crippen molar-refractivity contribution in [1.82, 2.24) is 10.6 Å². The van der Waals surface area contributed by atoms with Gasteiger partial charge in [-0.1, -0.05) is 44.7 Å². The maximum absolute atomic E-state index is 12.8. The smallest absolute Gasteiger partial charge is 0.343 e. The van der Waals surface area contributed by atoms with Gasteiger partial charge in [0.2, 0.25) is 5.91 Å². The SMILES string of the molecule is CCCCCCCOc1ccc(C(=O)Oc2ccc(CC(NC(=O)c3ccc(NC)cc3)C(=O)NCC(=O)O)cc2)cc1. The minimum atomic E-state index is -1.20. The number of carboxylic acid groups (broad SMARTS) is 1. The lowest BCUT2D eigenvalue weighted by molar-refractivity contribution is -0.138. The predicted molar refractivity (Wildman–Crippen MR) is 164 cm³/mol. The van der Waals surface area contributed by atoms with Gasteiger partial charge < -0.3 is 30.5 Å². The zero-order valence-corrected chi connectivity index (χ0v) is 24.6. The molecule has 3 aromatic rings. The van der Waals surface area contributed by atoms with Crippen molar-refractivity contribution in [2.24, 2.45) is 0 Å². The van der Waals surface area contributed by atoms with E-state index < -0.39 is 36.3 Å². The van der Waals surface area contributed by atoms with Crippen LogP contribution in [-0.2, 0) is 16.0 Å². The number of carbonyl (C=O) groups excluding carboxylic acids is 3. The van der Waals surface area contributed by atoms with Crippen LogP contribution >= 0.6 is 0 Å². The Labute approximate surface area is 251 Å². The van der Waals surface area contributed by atoms with Gasteiger partial charge in [-0.05, 0) is 72.6 Å². The first-order valence-corrected chi connectivity index (χ1v) is 14.4. The van der Waals surface area contributed by atoms with E-state index in [4.69, 9.17) is 14.6 Å². The number of aliphatic carboxylic acids is 1. The number of amides is 2.